The topological polar surface area (TPSA) is 165 Å². The van der Waals surface area contributed by atoms with Gasteiger partial charge >= 0.3 is 10.1 Å². The first-order valence-electron chi connectivity index (χ1n) is 8.06. The summed E-state index contributed by atoms with van der Waals surface area (Å²) in [5.41, 5.74) is 0.0467. The number of amides is 1. The normalized spacial score (nSPS) is 12.1. The molecular formula is C16H16N4O7S3. The van der Waals surface area contributed by atoms with Crippen molar-refractivity contribution in [3.8, 4) is 17.6 Å². The third-order valence-electron chi connectivity index (χ3n) is 3.14. The van der Waals surface area contributed by atoms with Crippen LogP contribution in [0.5, 0.6) is 11.5 Å². The number of ether oxygens (including phenoxy) is 1. The first-order chi connectivity index (χ1) is 13.9. The number of hydrogen-bond donors (Lipinski definition) is 1. The minimum Gasteiger partial charge on any atom is -0.490 e. The number of hydrogen-bond acceptors (Lipinski definition) is 11. The van der Waals surface area contributed by atoms with Crippen LogP contribution in [-0.2, 0) is 24.7 Å². The predicted molar refractivity (Wildman–Crippen MR) is 108 cm³/mol. The minimum absolute atomic E-state index is 0.0402. The van der Waals surface area contributed by atoms with Gasteiger partial charge in [0.1, 0.15) is 11.6 Å². The molecule has 1 amide bonds. The average molecular weight is 473 g/mol. The lowest BCUT2D eigenvalue weighted by Crippen LogP contribution is -2.13. The van der Waals surface area contributed by atoms with Crippen LogP contribution >= 0.6 is 11.5 Å². The Morgan fingerprint density at radius 2 is 1.97 bits per heavy atom. The third-order valence-corrected chi connectivity index (χ3v) is 5.22. The number of rotatable bonds is 8. The number of aromatic nitrogens is 2. The quantitative estimate of drug-likeness (QED) is 0.335. The second kappa shape index (κ2) is 9.20. The summed E-state index contributed by atoms with van der Waals surface area (Å²) in [7, 11) is -7.41. The van der Waals surface area contributed by atoms with E-state index < -0.39 is 31.0 Å². The van der Waals surface area contributed by atoms with Gasteiger partial charge < -0.3 is 8.92 Å². The molecule has 0 spiro atoms. The van der Waals surface area contributed by atoms with Crippen molar-refractivity contribution in [2.24, 2.45) is 0 Å². The molecule has 0 radical (unpaired) electrons. The maximum atomic E-state index is 12.3. The Hall–Kier alpha value is -3.02. The molecule has 0 aliphatic heterocycles. The van der Waals surface area contributed by atoms with Gasteiger partial charge in [0.15, 0.2) is 11.5 Å². The molecule has 0 fully saturated rings. The Labute approximate surface area is 177 Å². The van der Waals surface area contributed by atoms with Crippen molar-refractivity contribution in [3.63, 3.8) is 0 Å². The monoisotopic (exact) mass is 472 g/mol. The van der Waals surface area contributed by atoms with Crippen LogP contribution in [-0.4, -0.2) is 51.2 Å². The zero-order valence-corrected chi connectivity index (χ0v) is 18.4. The van der Waals surface area contributed by atoms with Gasteiger partial charge in [-0.3, -0.25) is 10.1 Å². The van der Waals surface area contributed by atoms with Gasteiger partial charge in [0.05, 0.1) is 12.9 Å². The summed E-state index contributed by atoms with van der Waals surface area (Å²) in [5.74, 6) is -0.763. The highest BCUT2D eigenvalue weighted by atomic mass is 32.2. The molecule has 14 heteroatoms. The molecule has 2 rings (SSSR count). The molecule has 1 aromatic carbocycles. The summed E-state index contributed by atoms with van der Waals surface area (Å²) < 4.78 is 59.4. The van der Waals surface area contributed by atoms with E-state index in [0.29, 0.717) is 17.1 Å². The van der Waals surface area contributed by atoms with Gasteiger partial charge in [-0.05, 0) is 30.7 Å². The van der Waals surface area contributed by atoms with Crippen LogP contribution < -0.4 is 14.2 Å². The average Bonchev–Trinajstić information content (AvgIpc) is 3.09. The van der Waals surface area contributed by atoms with E-state index in [2.05, 4.69) is 14.7 Å². The van der Waals surface area contributed by atoms with E-state index in [9.17, 15) is 26.9 Å². The maximum Gasteiger partial charge on any atom is 0.306 e. The zero-order chi connectivity index (χ0) is 22.5. The van der Waals surface area contributed by atoms with Crippen molar-refractivity contribution in [1.29, 1.82) is 5.26 Å². The second-order valence-corrected chi connectivity index (χ2v) is 9.94. The fourth-order valence-corrected chi connectivity index (χ4v) is 3.91. The van der Waals surface area contributed by atoms with E-state index >= 15 is 0 Å². The van der Waals surface area contributed by atoms with Gasteiger partial charge in [-0.2, -0.15) is 23.0 Å². The number of carbonyl (C=O) groups is 1. The molecule has 0 atom stereocenters. The van der Waals surface area contributed by atoms with Crippen LogP contribution in [0, 0.1) is 11.3 Å². The fraction of sp³-hybridized carbons (Fsp3) is 0.250. The number of nitriles is 1. The predicted octanol–water partition coefficient (Wildman–Crippen LogP) is 1.22. The second-order valence-electron chi connectivity index (χ2n) is 5.70. The van der Waals surface area contributed by atoms with E-state index in [-0.39, 0.29) is 28.8 Å². The zero-order valence-electron chi connectivity index (χ0n) is 15.9. The van der Waals surface area contributed by atoms with Crippen LogP contribution in [0.1, 0.15) is 12.5 Å². The van der Waals surface area contributed by atoms with E-state index in [1.54, 1.807) is 13.0 Å². The van der Waals surface area contributed by atoms with Crippen molar-refractivity contribution in [3.05, 3.63) is 29.3 Å². The van der Waals surface area contributed by atoms with Gasteiger partial charge in [0.25, 0.3) is 11.1 Å². The number of carbonyl (C=O) groups excluding carboxylic acids is 1. The van der Waals surface area contributed by atoms with Crippen molar-refractivity contribution < 1.29 is 30.6 Å². The molecule has 1 heterocycles. The van der Waals surface area contributed by atoms with Crippen molar-refractivity contribution in [2.45, 2.75) is 12.1 Å². The highest BCUT2D eigenvalue weighted by molar-refractivity contribution is 7.90. The Kier molecular flexibility index (Phi) is 7.13. The van der Waals surface area contributed by atoms with Crippen molar-refractivity contribution >= 4 is 48.6 Å². The molecule has 0 aliphatic carbocycles. The highest BCUT2D eigenvalue weighted by Crippen LogP contribution is 2.30. The first kappa shape index (κ1) is 23.3. The summed E-state index contributed by atoms with van der Waals surface area (Å²) in [5, 5.41) is 11.1. The number of benzene rings is 1. The molecule has 0 bridgehead atoms. The highest BCUT2D eigenvalue weighted by Gasteiger charge is 2.18. The first-order valence-corrected chi connectivity index (χ1v) is 12.5. The maximum absolute atomic E-state index is 12.3. The Bertz CT molecular complexity index is 1240. The van der Waals surface area contributed by atoms with Gasteiger partial charge in [-0.15, -0.1) is 0 Å². The summed E-state index contributed by atoms with van der Waals surface area (Å²) in [6.45, 7) is 1.91. The molecule has 160 valence electrons. The molecule has 30 heavy (non-hydrogen) atoms. The van der Waals surface area contributed by atoms with E-state index in [1.165, 1.54) is 24.3 Å². The lowest BCUT2D eigenvalue weighted by Gasteiger charge is -2.11. The van der Waals surface area contributed by atoms with Gasteiger partial charge in [-0.1, -0.05) is 6.07 Å². The summed E-state index contributed by atoms with van der Waals surface area (Å²) >= 11 is 0.653. The van der Waals surface area contributed by atoms with Crippen LogP contribution in [0.25, 0.3) is 6.08 Å². The minimum atomic E-state index is -3.78. The largest absolute Gasteiger partial charge is 0.490 e. The SMILES string of the molecule is CCOc1cc(/C=C(/C#N)C(=O)Nc2nc(S(C)(=O)=O)ns2)ccc1OS(C)(=O)=O. The van der Waals surface area contributed by atoms with Crippen LogP contribution in [0.15, 0.2) is 28.9 Å². The molecule has 1 aromatic heterocycles. The summed E-state index contributed by atoms with van der Waals surface area (Å²) in [4.78, 5) is 16.0. The van der Waals surface area contributed by atoms with E-state index in [1.807, 2.05) is 0 Å². The van der Waals surface area contributed by atoms with Gasteiger partial charge in [-0.25, -0.2) is 8.42 Å². The lowest BCUT2D eigenvalue weighted by atomic mass is 10.1. The molecule has 2 aromatic rings. The molecule has 0 saturated carbocycles. The van der Waals surface area contributed by atoms with Crippen LogP contribution in [0.4, 0.5) is 5.13 Å². The Balaban J connectivity index is 2.30. The third kappa shape index (κ3) is 6.51. The number of sulfone groups is 1. The van der Waals surface area contributed by atoms with Crippen molar-refractivity contribution in [1.82, 2.24) is 9.36 Å². The van der Waals surface area contributed by atoms with E-state index in [4.69, 9.17) is 8.92 Å². The Morgan fingerprint density at radius 1 is 1.27 bits per heavy atom. The molecule has 0 aliphatic rings. The van der Waals surface area contributed by atoms with E-state index in [0.717, 1.165) is 12.5 Å². The summed E-state index contributed by atoms with van der Waals surface area (Å²) in [6, 6.07) is 5.89. The van der Waals surface area contributed by atoms with Crippen LogP contribution in [0.3, 0.4) is 0 Å². The summed E-state index contributed by atoms with van der Waals surface area (Å²) in [6.07, 6.45) is 3.05. The van der Waals surface area contributed by atoms with Gasteiger partial charge in [0.2, 0.25) is 15.0 Å². The molecular weight excluding hydrogens is 456 g/mol. The molecule has 0 unspecified atom stereocenters. The number of nitrogens with zero attached hydrogens (tertiary/aromatic N) is 3. The van der Waals surface area contributed by atoms with Crippen LogP contribution in [0.2, 0.25) is 0 Å². The smallest absolute Gasteiger partial charge is 0.306 e. The molecule has 1 N–H and O–H groups in total. The Morgan fingerprint density at radius 3 is 2.50 bits per heavy atom. The fourth-order valence-electron chi connectivity index (χ4n) is 2.01. The molecule has 0 saturated heterocycles. The van der Waals surface area contributed by atoms with Gasteiger partial charge in [0, 0.05) is 17.8 Å². The number of anilines is 1. The van der Waals surface area contributed by atoms with Crippen molar-refractivity contribution in [2.75, 3.05) is 24.4 Å². The number of nitrogens with one attached hydrogen (secondary N) is 1. The lowest BCUT2D eigenvalue weighted by molar-refractivity contribution is -0.112. The standard InChI is InChI=1S/C16H16N4O7S3/c1-4-26-13-8-10(5-6-12(13)27-30(3,24)25)7-11(9-17)14(21)18-15-19-16(20-28-15)29(2,22)23/h5-8H,4H2,1-3H3,(H,18,19,20,21)/b11-7-. The molecule has 11 nitrogen and oxygen atoms in total.